The van der Waals surface area contributed by atoms with Gasteiger partial charge in [0.25, 0.3) is 0 Å². The average Bonchev–Trinajstić information content (AvgIpc) is 2.47. The second-order valence-corrected chi connectivity index (χ2v) is 5.48. The number of aryl methyl sites for hydroxylation is 1. The molecule has 2 rings (SSSR count). The molecule has 0 aliphatic carbocycles. The highest BCUT2D eigenvalue weighted by Gasteiger charge is 2.19. The third kappa shape index (κ3) is 3.29. The largest absolute Gasteiger partial charge is 0.496 e. The Balaban J connectivity index is 2.37. The lowest BCUT2D eigenvalue weighted by Crippen LogP contribution is -2.09. The van der Waals surface area contributed by atoms with Crippen molar-refractivity contribution < 1.29 is 18.3 Å². The smallest absolute Gasteiger partial charge is 0.171 e. The number of halogens is 3. The van der Waals surface area contributed by atoms with E-state index in [4.69, 9.17) is 4.74 Å². The molecule has 0 atom stereocenters. The highest BCUT2D eigenvalue weighted by molar-refractivity contribution is 9.10. The van der Waals surface area contributed by atoms with E-state index in [0.29, 0.717) is 11.3 Å². The summed E-state index contributed by atoms with van der Waals surface area (Å²) in [6.45, 7) is 1.87. The van der Waals surface area contributed by atoms with Crippen molar-refractivity contribution in [2.45, 2.75) is 13.3 Å². The van der Waals surface area contributed by atoms with E-state index in [9.17, 15) is 13.6 Å². The molecule has 2 nitrogen and oxygen atoms in total. The third-order valence-electron chi connectivity index (χ3n) is 3.13. The number of benzene rings is 2. The molecule has 0 unspecified atom stereocenters. The summed E-state index contributed by atoms with van der Waals surface area (Å²) in [5, 5.41) is 0. The van der Waals surface area contributed by atoms with Crippen LogP contribution in [0.4, 0.5) is 8.78 Å². The second-order valence-electron chi connectivity index (χ2n) is 4.63. The normalized spacial score (nSPS) is 10.5. The Hall–Kier alpha value is -1.75. The zero-order valence-electron chi connectivity index (χ0n) is 11.5. The van der Waals surface area contributed by atoms with Gasteiger partial charge in [-0.15, -0.1) is 0 Å². The molecule has 0 aliphatic rings. The first-order valence-corrected chi connectivity index (χ1v) is 7.03. The molecule has 0 fully saturated rings. The lowest BCUT2D eigenvalue weighted by Gasteiger charge is -2.10. The van der Waals surface area contributed by atoms with Gasteiger partial charge in [-0.25, -0.2) is 8.78 Å². The van der Waals surface area contributed by atoms with Crippen molar-refractivity contribution in [1.82, 2.24) is 0 Å². The van der Waals surface area contributed by atoms with Crippen LogP contribution in [0.5, 0.6) is 5.75 Å². The van der Waals surface area contributed by atoms with Gasteiger partial charge in [0.05, 0.1) is 17.1 Å². The fraction of sp³-hybridized carbons (Fsp3) is 0.188. The van der Waals surface area contributed by atoms with Gasteiger partial charge >= 0.3 is 0 Å². The predicted octanol–water partition coefficient (Wildman–Crippen LogP) is 4.47. The molecule has 0 aliphatic heterocycles. The van der Waals surface area contributed by atoms with Gasteiger partial charge in [0, 0.05) is 12.0 Å². The number of hydrogen-bond acceptors (Lipinski definition) is 2. The van der Waals surface area contributed by atoms with Crippen molar-refractivity contribution in [2.75, 3.05) is 7.11 Å². The first-order valence-electron chi connectivity index (χ1n) is 6.24. The van der Waals surface area contributed by atoms with Gasteiger partial charge in [-0.1, -0.05) is 6.07 Å². The van der Waals surface area contributed by atoms with E-state index >= 15 is 0 Å². The number of methoxy groups -OCH3 is 1. The van der Waals surface area contributed by atoms with Crippen molar-refractivity contribution in [2.24, 2.45) is 0 Å². The Morgan fingerprint density at radius 3 is 2.62 bits per heavy atom. The zero-order chi connectivity index (χ0) is 15.6. The lowest BCUT2D eigenvalue weighted by molar-refractivity contribution is 0.0987. The molecule has 2 aromatic rings. The Morgan fingerprint density at radius 2 is 1.95 bits per heavy atom. The number of ether oxygens (including phenoxy) is 1. The molecule has 0 N–H and O–H groups in total. The molecule has 0 radical (unpaired) electrons. The molecular formula is C16H13BrF2O2. The number of ketones is 1. The van der Waals surface area contributed by atoms with Crippen LogP contribution < -0.4 is 4.74 Å². The van der Waals surface area contributed by atoms with Crippen LogP contribution in [0.2, 0.25) is 0 Å². The van der Waals surface area contributed by atoms with Gasteiger partial charge in [-0.05, 0) is 52.7 Å². The standard InChI is InChI=1S/C16H13BrF2O2/c1-9-3-4-10(15(7-9)21-2)14(20)8-11-13(18)6-5-12(17)16(11)19/h3-7H,8H2,1-2H3. The van der Waals surface area contributed by atoms with E-state index in [0.717, 1.165) is 11.6 Å². The van der Waals surface area contributed by atoms with E-state index in [1.807, 2.05) is 6.92 Å². The zero-order valence-corrected chi connectivity index (χ0v) is 13.1. The minimum atomic E-state index is -0.755. The Morgan fingerprint density at radius 1 is 1.24 bits per heavy atom. The topological polar surface area (TPSA) is 26.3 Å². The summed E-state index contributed by atoms with van der Waals surface area (Å²) in [6.07, 6.45) is -0.365. The summed E-state index contributed by atoms with van der Waals surface area (Å²) in [7, 11) is 1.45. The summed E-state index contributed by atoms with van der Waals surface area (Å²) in [4.78, 5) is 12.3. The molecule has 0 spiro atoms. The van der Waals surface area contributed by atoms with Crippen LogP contribution >= 0.6 is 15.9 Å². The van der Waals surface area contributed by atoms with E-state index < -0.39 is 17.4 Å². The second kappa shape index (κ2) is 6.35. The summed E-state index contributed by atoms with van der Waals surface area (Å²) in [5.41, 5.74) is 0.988. The monoisotopic (exact) mass is 354 g/mol. The van der Waals surface area contributed by atoms with Gasteiger partial charge in [0.2, 0.25) is 0 Å². The van der Waals surface area contributed by atoms with E-state index in [-0.39, 0.29) is 16.5 Å². The van der Waals surface area contributed by atoms with Gasteiger partial charge in [-0.2, -0.15) is 0 Å². The van der Waals surface area contributed by atoms with Crippen LogP contribution in [0.25, 0.3) is 0 Å². The maximum absolute atomic E-state index is 13.9. The van der Waals surface area contributed by atoms with Crippen LogP contribution in [-0.4, -0.2) is 12.9 Å². The van der Waals surface area contributed by atoms with Gasteiger partial charge in [0.1, 0.15) is 17.4 Å². The SMILES string of the molecule is COc1cc(C)ccc1C(=O)Cc1c(F)ccc(Br)c1F. The fourth-order valence-corrected chi connectivity index (χ4v) is 2.39. The van der Waals surface area contributed by atoms with Crippen LogP contribution in [0, 0.1) is 18.6 Å². The molecule has 2 aromatic carbocycles. The average molecular weight is 355 g/mol. The van der Waals surface area contributed by atoms with Gasteiger partial charge < -0.3 is 4.74 Å². The highest BCUT2D eigenvalue weighted by atomic mass is 79.9. The number of carbonyl (C=O) groups excluding carboxylic acids is 1. The summed E-state index contributed by atoms with van der Waals surface area (Å²) < 4.78 is 32.9. The Bertz CT molecular complexity index is 699. The van der Waals surface area contributed by atoms with E-state index in [2.05, 4.69) is 15.9 Å². The summed E-state index contributed by atoms with van der Waals surface area (Å²) >= 11 is 2.99. The first-order chi connectivity index (χ1) is 9.93. The van der Waals surface area contributed by atoms with Gasteiger partial charge in [-0.3, -0.25) is 4.79 Å². The third-order valence-corrected chi connectivity index (χ3v) is 3.75. The van der Waals surface area contributed by atoms with E-state index in [1.165, 1.54) is 13.2 Å². The van der Waals surface area contributed by atoms with Gasteiger partial charge in [0.15, 0.2) is 5.78 Å². The molecule has 0 saturated carbocycles. The molecule has 110 valence electrons. The summed E-state index contributed by atoms with van der Waals surface area (Å²) in [5.74, 6) is -1.50. The minimum Gasteiger partial charge on any atom is -0.496 e. The maximum Gasteiger partial charge on any atom is 0.171 e. The molecule has 0 bridgehead atoms. The molecular weight excluding hydrogens is 342 g/mol. The Labute approximate surface area is 129 Å². The highest BCUT2D eigenvalue weighted by Crippen LogP contribution is 2.26. The maximum atomic E-state index is 13.9. The molecule has 0 amide bonds. The molecule has 0 saturated heterocycles. The Kier molecular flexibility index (Phi) is 4.73. The molecule has 0 heterocycles. The first kappa shape index (κ1) is 15.6. The number of hydrogen-bond donors (Lipinski definition) is 0. The van der Waals surface area contributed by atoms with Crippen LogP contribution in [0.15, 0.2) is 34.8 Å². The molecule has 5 heteroatoms. The number of Topliss-reactive ketones (excluding diaryl/α,β-unsaturated/α-hetero) is 1. The van der Waals surface area contributed by atoms with E-state index in [1.54, 1.807) is 18.2 Å². The fourth-order valence-electron chi connectivity index (χ4n) is 2.02. The summed E-state index contributed by atoms with van der Waals surface area (Å²) in [6, 6.07) is 7.46. The van der Waals surface area contributed by atoms with Crippen molar-refractivity contribution in [3.63, 3.8) is 0 Å². The van der Waals surface area contributed by atoms with Crippen LogP contribution in [0.3, 0.4) is 0 Å². The van der Waals surface area contributed by atoms with Crippen LogP contribution in [0.1, 0.15) is 21.5 Å². The number of rotatable bonds is 4. The predicted molar refractivity (Wildman–Crippen MR) is 79.8 cm³/mol. The van der Waals surface area contributed by atoms with Crippen LogP contribution in [-0.2, 0) is 6.42 Å². The van der Waals surface area contributed by atoms with Crippen molar-refractivity contribution in [3.05, 3.63) is 63.1 Å². The quantitative estimate of drug-likeness (QED) is 0.598. The molecule has 0 aromatic heterocycles. The number of carbonyl (C=O) groups is 1. The van der Waals surface area contributed by atoms with Crippen molar-refractivity contribution in [3.8, 4) is 5.75 Å². The van der Waals surface area contributed by atoms with Crippen molar-refractivity contribution in [1.29, 1.82) is 0 Å². The van der Waals surface area contributed by atoms with Crippen molar-refractivity contribution >= 4 is 21.7 Å². The molecule has 21 heavy (non-hydrogen) atoms. The lowest BCUT2D eigenvalue weighted by atomic mass is 10.0. The minimum absolute atomic E-state index is 0.127.